The molecule has 0 aliphatic heterocycles. The lowest BCUT2D eigenvalue weighted by atomic mass is 9.83. The Hall–Kier alpha value is -0.720. The van der Waals surface area contributed by atoms with Crippen molar-refractivity contribution in [2.24, 2.45) is 5.41 Å². The van der Waals surface area contributed by atoms with Gasteiger partial charge in [-0.15, -0.1) is 10.2 Å². The van der Waals surface area contributed by atoms with Gasteiger partial charge in [0.05, 0.1) is 6.61 Å². The number of carbonyl (C=O) groups is 1. The van der Waals surface area contributed by atoms with Crippen molar-refractivity contribution < 1.29 is 9.90 Å². The van der Waals surface area contributed by atoms with Crippen molar-refractivity contribution in [3.05, 3.63) is 9.47 Å². The molecule has 1 aromatic rings. The fourth-order valence-electron chi connectivity index (χ4n) is 1.42. The molecule has 0 atom stereocenters. The van der Waals surface area contributed by atoms with Crippen LogP contribution in [0.5, 0.6) is 0 Å². The second-order valence-corrected chi connectivity index (χ2v) is 5.47. The maximum atomic E-state index is 11.7. The number of rotatable bonds is 6. The van der Waals surface area contributed by atoms with Crippen LogP contribution in [0.1, 0.15) is 36.5 Å². The van der Waals surface area contributed by atoms with Crippen LogP contribution >= 0.6 is 22.9 Å². The van der Waals surface area contributed by atoms with E-state index in [0.717, 1.165) is 24.2 Å². The van der Waals surface area contributed by atoms with Crippen LogP contribution in [0.3, 0.4) is 0 Å². The Morgan fingerprint density at radius 1 is 1.47 bits per heavy atom. The number of hydrogen-bond donors (Lipinski definition) is 2. The van der Waals surface area contributed by atoms with Crippen molar-refractivity contribution >= 4 is 28.8 Å². The van der Waals surface area contributed by atoms with Crippen LogP contribution < -0.4 is 5.32 Å². The van der Waals surface area contributed by atoms with E-state index in [1.54, 1.807) is 0 Å². The number of carbonyl (C=O) groups excluding carboxylic acids is 1. The molecule has 0 radical (unpaired) electrons. The van der Waals surface area contributed by atoms with E-state index in [9.17, 15) is 9.90 Å². The maximum absolute atomic E-state index is 11.7. The van der Waals surface area contributed by atoms with Crippen molar-refractivity contribution in [1.29, 1.82) is 0 Å². The number of aromatic nitrogens is 2. The fraction of sp³-hybridized carbons (Fsp3) is 0.700. The monoisotopic (exact) mass is 277 g/mol. The first-order chi connectivity index (χ1) is 8.06. The summed E-state index contributed by atoms with van der Waals surface area (Å²) < 4.78 is 0.245. The summed E-state index contributed by atoms with van der Waals surface area (Å²) >= 11 is 6.64. The third-order valence-corrected chi connectivity index (χ3v) is 4.07. The first-order valence-corrected chi connectivity index (χ1v) is 6.64. The molecule has 0 aliphatic carbocycles. The second kappa shape index (κ2) is 6.28. The van der Waals surface area contributed by atoms with E-state index in [0.29, 0.717) is 6.54 Å². The van der Waals surface area contributed by atoms with Gasteiger partial charge in [0.15, 0.2) is 0 Å². The molecule has 7 heteroatoms. The standard InChI is InChI=1S/C10H16ClN3O2S/c1-3-10(4-2,6-15)5-12-7(16)8-13-14-9(11)17-8/h15H,3-6H2,1-2H3,(H,12,16). The zero-order chi connectivity index (χ0) is 12.9. The number of amides is 1. The Kier molecular flexibility index (Phi) is 5.30. The highest BCUT2D eigenvalue weighted by molar-refractivity contribution is 7.17. The molecule has 1 amide bonds. The van der Waals surface area contributed by atoms with Gasteiger partial charge >= 0.3 is 0 Å². The number of aliphatic hydroxyl groups is 1. The maximum Gasteiger partial charge on any atom is 0.282 e. The van der Waals surface area contributed by atoms with Crippen molar-refractivity contribution in [2.45, 2.75) is 26.7 Å². The van der Waals surface area contributed by atoms with Gasteiger partial charge in [0.2, 0.25) is 9.47 Å². The lowest BCUT2D eigenvalue weighted by molar-refractivity contribution is 0.0850. The number of hydrogen-bond acceptors (Lipinski definition) is 5. The van der Waals surface area contributed by atoms with E-state index in [4.69, 9.17) is 11.6 Å². The summed E-state index contributed by atoms with van der Waals surface area (Å²) in [4.78, 5) is 11.7. The molecule has 2 N–H and O–H groups in total. The number of aliphatic hydroxyl groups excluding tert-OH is 1. The number of nitrogens with one attached hydrogen (secondary N) is 1. The number of halogens is 1. The predicted molar refractivity (Wildman–Crippen MR) is 67.4 cm³/mol. The van der Waals surface area contributed by atoms with Crippen molar-refractivity contribution in [1.82, 2.24) is 15.5 Å². The van der Waals surface area contributed by atoms with Crippen LogP contribution in [-0.2, 0) is 0 Å². The first kappa shape index (κ1) is 14.3. The molecular formula is C10H16ClN3O2S. The molecule has 0 aliphatic rings. The molecule has 5 nitrogen and oxygen atoms in total. The largest absolute Gasteiger partial charge is 0.396 e. The van der Waals surface area contributed by atoms with Gasteiger partial charge in [0, 0.05) is 12.0 Å². The van der Waals surface area contributed by atoms with Crippen molar-refractivity contribution in [3.8, 4) is 0 Å². The Balaban J connectivity index is 2.58. The Labute approximate surface area is 109 Å². The summed E-state index contributed by atoms with van der Waals surface area (Å²) in [5, 5.41) is 19.6. The van der Waals surface area contributed by atoms with E-state index in [2.05, 4.69) is 15.5 Å². The molecule has 0 aromatic carbocycles. The summed E-state index contributed by atoms with van der Waals surface area (Å²) in [5.74, 6) is -0.297. The Morgan fingerprint density at radius 2 is 2.12 bits per heavy atom. The van der Waals surface area contributed by atoms with Crippen molar-refractivity contribution in [2.75, 3.05) is 13.2 Å². The van der Waals surface area contributed by atoms with Gasteiger partial charge in [-0.3, -0.25) is 4.79 Å². The van der Waals surface area contributed by atoms with Crippen LogP contribution in [0.2, 0.25) is 4.47 Å². The fourth-order valence-corrected chi connectivity index (χ4v) is 2.16. The molecule has 0 fully saturated rings. The first-order valence-electron chi connectivity index (χ1n) is 5.45. The quantitative estimate of drug-likeness (QED) is 0.830. The van der Waals surface area contributed by atoms with Crippen LogP contribution in [-0.4, -0.2) is 34.4 Å². The summed E-state index contributed by atoms with van der Waals surface area (Å²) in [6.07, 6.45) is 1.61. The van der Waals surface area contributed by atoms with E-state index in [-0.39, 0.29) is 27.4 Å². The number of nitrogens with zero attached hydrogens (tertiary/aromatic N) is 2. The SMILES string of the molecule is CCC(CC)(CO)CNC(=O)c1nnc(Cl)s1. The highest BCUT2D eigenvalue weighted by atomic mass is 35.5. The van der Waals surface area contributed by atoms with Gasteiger partial charge in [-0.05, 0) is 24.4 Å². The molecule has 96 valence electrons. The van der Waals surface area contributed by atoms with Gasteiger partial charge in [0.25, 0.3) is 5.91 Å². The minimum Gasteiger partial charge on any atom is -0.396 e. The Morgan fingerprint density at radius 3 is 2.53 bits per heavy atom. The van der Waals surface area contributed by atoms with E-state index < -0.39 is 0 Å². The van der Waals surface area contributed by atoms with Crippen LogP contribution in [0.25, 0.3) is 0 Å². The molecule has 17 heavy (non-hydrogen) atoms. The average molecular weight is 278 g/mol. The molecule has 1 heterocycles. The van der Waals surface area contributed by atoms with Gasteiger partial charge < -0.3 is 10.4 Å². The predicted octanol–water partition coefficient (Wildman–Crippen LogP) is 1.72. The lowest BCUT2D eigenvalue weighted by Crippen LogP contribution is -2.39. The summed E-state index contributed by atoms with van der Waals surface area (Å²) in [6, 6.07) is 0. The smallest absolute Gasteiger partial charge is 0.282 e. The Bertz CT molecular complexity index is 371. The van der Waals surface area contributed by atoms with Crippen molar-refractivity contribution in [3.63, 3.8) is 0 Å². The molecule has 0 saturated carbocycles. The normalized spacial score (nSPS) is 11.5. The van der Waals surface area contributed by atoms with Crippen LogP contribution in [0.4, 0.5) is 0 Å². The average Bonchev–Trinajstić information content (AvgIpc) is 2.78. The van der Waals surface area contributed by atoms with Crippen LogP contribution in [0, 0.1) is 5.41 Å². The van der Waals surface area contributed by atoms with E-state index >= 15 is 0 Å². The van der Waals surface area contributed by atoms with Gasteiger partial charge in [-0.1, -0.05) is 25.2 Å². The third kappa shape index (κ3) is 3.62. The van der Waals surface area contributed by atoms with Crippen LogP contribution in [0.15, 0.2) is 0 Å². The topological polar surface area (TPSA) is 75.1 Å². The van der Waals surface area contributed by atoms with Gasteiger partial charge in [-0.25, -0.2) is 0 Å². The van der Waals surface area contributed by atoms with Gasteiger partial charge in [0.1, 0.15) is 0 Å². The summed E-state index contributed by atoms with van der Waals surface area (Å²) in [6.45, 7) is 4.46. The summed E-state index contributed by atoms with van der Waals surface area (Å²) in [5.41, 5.74) is -0.260. The molecule has 1 rings (SSSR count). The van der Waals surface area contributed by atoms with Gasteiger partial charge in [-0.2, -0.15) is 0 Å². The second-order valence-electron chi connectivity index (χ2n) is 3.91. The lowest BCUT2D eigenvalue weighted by Gasteiger charge is -2.29. The molecule has 0 spiro atoms. The van der Waals surface area contributed by atoms with E-state index in [1.807, 2.05) is 13.8 Å². The van der Waals surface area contributed by atoms with E-state index in [1.165, 1.54) is 0 Å². The molecule has 1 aromatic heterocycles. The zero-order valence-electron chi connectivity index (χ0n) is 9.86. The minimum atomic E-state index is -0.297. The minimum absolute atomic E-state index is 0.0527. The highest BCUT2D eigenvalue weighted by Gasteiger charge is 2.26. The molecular weight excluding hydrogens is 262 g/mol. The molecule has 0 saturated heterocycles. The third-order valence-electron chi connectivity index (χ3n) is 3.05. The molecule has 0 unspecified atom stereocenters. The molecule has 0 bridgehead atoms. The zero-order valence-corrected chi connectivity index (χ0v) is 11.4. The summed E-state index contributed by atoms with van der Waals surface area (Å²) in [7, 11) is 0. The highest BCUT2D eigenvalue weighted by Crippen LogP contribution is 2.24.